The molecule has 0 aliphatic carbocycles. The van der Waals surface area contributed by atoms with Crippen LogP contribution in [-0.2, 0) is 0 Å². The molecule has 1 aliphatic rings. The zero-order valence-corrected chi connectivity index (χ0v) is 12.6. The van der Waals surface area contributed by atoms with Crippen molar-refractivity contribution in [2.75, 3.05) is 37.7 Å². The summed E-state index contributed by atoms with van der Waals surface area (Å²) >= 11 is 1.84. The van der Waals surface area contributed by atoms with Crippen LogP contribution >= 0.6 is 11.8 Å². The molecule has 1 heterocycles. The number of nitrogens with one attached hydrogen (secondary N) is 1. The zero-order chi connectivity index (χ0) is 13.2. The Morgan fingerprint density at radius 1 is 1.44 bits per heavy atom. The third kappa shape index (κ3) is 7.10. The van der Waals surface area contributed by atoms with Crippen molar-refractivity contribution in [3.8, 4) is 12.3 Å². The van der Waals surface area contributed by atoms with Gasteiger partial charge in [-0.1, -0.05) is 17.6 Å². The van der Waals surface area contributed by atoms with Crippen molar-refractivity contribution in [1.29, 1.82) is 0 Å². The van der Waals surface area contributed by atoms with Crippen LogP contribution in [0.25, 0.3) is 0 Å². The normalized spacial score (nSPS) is 17.4. The number of hydrogen-bond donors (Lipinski definition) is 1. The zero-order valence-electron chi connectivity index (χ0n) is 11.7. The Morgan fingerprint density at radius 3 is 2.78 bits per heavy atom. The fourth-order valence-corrected chi connectivity index (χ4v) is 2.62. The summed E-state index contributed by atoms with van der Waals surface area (Å²) in [4.78, 5) is 2.54. The standard InChI is InChI=1S/C15H26N2S/c1-4-12-18-13-8-16-15-6-10-17(11-7-15)9-5-14(2)3/h1,5,15-16H,6-13H2,2-3H3. The van der Waals surface area contributed by atoms with Crippen molar-refractivity contribution in [3.63, 3.8) is 0 Å². The molecule has 0 saturated carbocycles. The summed E-state index contributed by atoms with van der Waals surface area (Å²) in [5.41, 5.74) is 1.42. The minimum Gasteiger partial charge on any atom is -0.313 e. The van der Waals surface area contributed by atoms with Crippen molar-refractivity contribution in [2.24, 2.45) is 0 Å². The first kappa shape index (κ1) is 15.6. The maximum absolute atomic E-state index is 5.22. The number of piperidine rings is 1. The van der Waals surface area contributed by atoms with Crippen LogP contribution in [-0.4, -0.2) is 48.6 Å². The lowest BCUT2D eigenvalue weighted by Crippen LogP contribution is -2.43. The monoisotopic (exact) mass is 266 g/mol. The van der Waals surface area contributed by atoms with Crippen molar-refractivity contribution in [2.45, 2.75) is 32.7 Å². The molecule has 0 atom stereocenters. The summed E-state index contributed by atoms with van der Waals surface area (Å²) in [6.45, 7) is 8.99. The molecule has 0 amide bonds. The van der Waals surface area contributed by atoms with Crippen LogP contribution in [0.5, 0.6) is 0 Å². The highest BCUT2D eigenvalue weighted by Crippen LogP contribution is 2.10. The molecular formula is C15H26N2S. The fraction of sp³-hybridized carbons (Fsp3) is 0.733. The molecule has 0 unspecified atom stereocenters. The van der Waals surface area contributed by atoms with Gasteiger partial charge in [0.05, 0.1) is 5.75 Å². The van der Waals surface area contributed by atoms with Crippen molar-refractivity contribution in [3.05, 3.63) is 11.6 Å². The van der Waals surface area contributed by atoms with E-state index in [0.717, 1.165) is 24.6 Å². The summed E-state index contributed by atoms with van der Waals surface area (Å²) in [5, 5.41) is 3.63. The highest BCUT2D eigenvalue weighted by Gasteiger charge is 2.17. The molecule has 1 rings (SSSR count). The number of nitrogens with zero attached hydrogens (tertiary/aromatic N) is 1. The Labute approximate surface area is 117 Å². The predicted octanol–water partition coefficient (Wildman–Crippen LogP) is 2.37. The Hall–Kier alpha value is -0.430. The molecule has 0 radical (unpaired) electrons. The van der Waals surface area contributed by atoms with Crippen LogP contribution < -0.4 is 5.32 Å². The van der Waals surface area contributed by atoms with E-state index in [2.05, 4.69) is 36.1 Å². The lowest BCUT2D eigenvalue weighted by atomic mass is 10.1. The molecule has 0 aromatic carbocycles. The summed E-state index contributed by atoms with van der Waals surface area (Å²) < 4.78 is 0. The predicted molar refractivity (Wildman–Crippen MR) is 83.1 cm³/mol. The summed E-state index contributed by atoms with van der Waals surface area (Å²) in [5.74, 6) is 4.62. The lowest BCUT2D eigenvalue weighted by molar-refractivity contribution is 0.216. The average molecular weight is 266 g/mol. The summed E-state index contributed by atoms with van der Waals surface area (Å²) in [6.07, 6.45) is 10.1. The highest BCUT2D eigenvalue weighted by molar-refractivity contribution is 7.99. The van der Waals surface area contributed by atoms with Crippen LogP contribution in [0, 0.1) is 12.3 Å². The van der Waals surface area contributed by atoms with E-state index in [9.17, 15) is 0 Å². The van der Waals surface area contributed by atoms with E-state index in [-0.39, 0.29) is 0 Å². The van der Waals surface area contributed by atoms with Crippen LogP contribution in [0.3, 0.4) is 0 Å². The van der Waals surface area contributed by atoms with Gasteiger partial charge in [-0.25, -0.2) is 0 Å². The Balaban J connectivity index is 2.05. The molecule has 1 saturated heterocycles. The molecule has 2 nitrogen and oxygen atoms in total. The van der Waals surface area contributed by atoms with Gasteiger partial charge >= 0.3 is 0 Å². The van der Waals surface area contributed by atoms with Gasteiger partial charge in [0.25, 0.3) is 0 Å². The smallest absolute Gasteiger partial charge is 0.0545 e. The molecule has 0 spiro atoms. The number of likely N-dealkylation sites (tertiary alicyclic amines) is 1. The van der Waals surface area contributed by atoms with Gasteiger partial charge in [0.2, 0.25) is 0 Å². The molecule has 102 valence electrons. The molecule has 0 aromatic rings. The van der Waals surface area contributed by atoms with E-state index < -0.39 is 0 Å². The number of terminal acetylenes is 1. The summed E-state index contributed by atoms with van der Waals surface area (Å²) in [7, 11) is 0. The maximum atomic E-state index is 5.22. The van der Waals surface area contributed by atoms with Gasteiger partial charge in [-0.3, -0.25) is 4.90 Å². The molecule has 1 fully saturated rings. The first-order chi connectivity index (χ1) is 8.72. The van der Waals surface area contributed by atoms with Crippen molar-refractivity contribution >= 4 is 11.8 Å². The van der Waals surface area contributed by atoms with E-state index in [1.54, 1.807) is 0 Å². The van der Waals surface area contributed by atoms with Crippen LogP contribution in [0.4, 0.5) is 0 Å². The van der Waals surface area contributed by atoms with E-state index in [4.69, 9.17) is 6.42 Å². The van der Waals surface area contributed by atoms with Gasteiger partial charge in [0.15, 0.2) is 0 Å². The maximum Gasteiger partial charge on any atom is 0.0545 e. The van der Waals surface area contributed by atoms with E-state index >= 15 is 0 Å². The molecule has 1 N–H and O–H groups in total. The minimum absolute atomic E-state index is 0.708. The first-order valence-corrected chi connectivity index (χ1v) is 7.98. The van der Waals surface area contributed by atoms with Crippen LogP contribution in [0.1, 0.15) is 26.7 Å². The second kappa shape index (κ2) is 9.49. The number of rotatable bonds is 7. The molecule has 0 aromatic heterocycles. The van der Waals surface area contributed by atoms with E-state index in [0.29, 0.717) is 6.04 Å². The first-order valence-electron chi connectivity index (χ1n) is 6.82. The Morgan fingerprint density at radius 2 is 2.17 bits per heavy atom. The third-order valence-corrected chi connectivity index (χ3v) is 4.07. The van der Waals surface area contributed by atoms with Gasteiger partial charge in [0.1, 0.15) is 0 Å². The van der Waals surface area contributed by atoms with Crippen LogP contribution in [0.2, 0.25) is 0 Å². The van der Waals surface area contributed by atoms with Gasteiger partial charge in [0, 0.05) is 24.9 Å². The second-order valence-corrected chi connectivity index (χ2v) is 6.17. The minimum atomic E-state index is 0.708. The van der Waals surface area contributed by atoms with E-state index in [1.807, 2.05) is 11.8 Å². The molecule has 1 aliphatic heterocycles. The van der Waals surface area contributed by atoms with Gasteiger partial charge in [-0.15, -0.1) is 18.2 Å². The molecular weight excluding hydrogens is 240 g/mol. The topological polar surface area (TPSA) is 15.3 Å². The summed E-state index contributed by atoms with van der Waals surface area (Å²) in [6, 6.07) is 0.708. The van der Waals surface area contributed by atoms with E-state index in [1.165, 1.54) is 31.5 Å². The number of allylic oxidation sites excluding steroid dienone is 1. The highest BCUT2D eigenvalue weighted by atomic mass is 32.2. The SMILES string of the molecule is C#CCSCCNC1CCN(CC=C(C)C)CC1. The lowest BCUT2D eigenvalue weighted by Gasteiger charge is -2.31. The Kier molecular flexibility index (Phi) is 8.24. The fourth-order valence-electron chi connectivity index (χ4n) is 2.10. The second-order valence-electron chi connectivity index (χ2n) is 5.07. The average Bonchev–Trinajstić information content (AvgIpc) is 2.37. The van der Waals surface area contributed by atoms with Gasteiger partial charge in [-0.2, -0.15) is 0 Å². The van der Waals surface area contributed by atoms with Gasteiger partial charge in [-0.05, 0) is 39.8 Å². The number of hydrogen-bond acceptors (Lipinski definition) is 3. The Bertz CT molecular complexity index is 281. The molecule has 18 heavy (non-hydrogen) atoms. The quantitative estimate of drug-likeness (QED) is 0.433. The molecule has 0 bridgehead atoms. The third-order valence-electron chi connectivity index (χ3n) is 3.21. The largest absolute Gasteiger partial charge is 0.313 e. The van der Waals surface area contributed by atoms with Gasteiger partial charge < -0.3 is 5.32 Å². The van der Waals surface area contributed by atoms with Crippen molar-refractivity contribution in [1.82, 2.24) is 10.2 Å². The number of thioether (sulfide) groups is 1. The molecule has 3 heteroatoms. The van der Waals surface area contributed by atoms with Crippen LogP contribution in [0.15, 0.2) is 11.6 Å². The van der Waals surface area contributed by atoms with Crippen molar-refractivity contribution < 1.29 is 0 Å².